The minimum atomic E-state index is -1.60. The zero-order valence-electron chi connectivity index (χ0n) is 14.5. The predicted octanol–water partition coefficient (Wildman–Crippen LogP) is 0.0234. The second-order valence-electron chi connectivity index (χ2n) is 6.10. The molecule has 1 aromatic rings. The van der Waals surface area contributed by atoms with Crippen LogP contribution in [0.25, 0.3) is 0 Å². The van der Waals surface area contributed by atoms with Crippen molar-refractivity contribution in [3.63, 3.8) is 0 Å². The Kier molecular flexibility index (Phi) is 6.33. The van der Waals surface area contributed by atoms with Crippen LogP contribution in [0.4, 0.5) is 4.39 Å². The summed E-state index contributed by atoms with van der Waals surface area (Å²) >= 11 is 0. The summed E-state index contributed by atoms with van der Waals surface area (Å²) < 4.78 is 19.1. The smallest absolute Gasteiger partial charge is 0.256 e. The third kappa shape index (κ3) is 4.67. The Labute approximate surface area is 146 Å². The number of nitrogens with zero attached hydrogens (tertiary/aromatic N) is 1. The van der Waals surface area contributed by atoms with Crippen molar-refractivity contribution < 1.29 is 23.8 Å². The molecule has 0 aliphatic carbocycles. The lowest BCUT2D eigenvalue weighted by atomic mass is 9.91. The lowest BCUT2D eigenvalue weighted by Gasteiger charge is -2.38. The van der Waals surface area contributed by atoms with Crippen LogP contribution in [0.3, 0.4) is 0 Å². The molecule has 2 amide bonds. The van der Waals surface area contributed by atoms with E-state index in [4.69, 9.17) is 4.74 Å². The van der Waals surface area contributed by atoms with Crippen molar-refractivity contribution in [3.05, 3.63) is 29.6 Å². The number of carbonyl (C=O) groups is 2. The molecule has 1 saturated heterocycles. The molecule has 2 rings (SSSR count). The van der Waals surface area contributed by atoms with Gasteiger partial charge < -0.3 is 25.4 Å². The monoisotopic (exact) mass is 353 g/mol. The van der Waals surface area contributed by atoms with E-state index in [1.54, 1.807) is 6.07 Å². The number of amides is 2. The molecule has 1 fully saturated rings. The molecule has 1 aliphatic heterocycles. The summed E-state index contributed by atoms with van der Waals surface area (Å²) in [5.74, 6) is -0.628. The van der Waals surface area contributed by atoms with Crippen LogP contribution in [0.5, 0.6) is 5.75 Å². The highest BCUT2D eigenvalue weighted by Crippen LogP contribution is 2.25. The van der Waals surface area contributed by atoms with E-state index in [0.717, 1.165) is 0 Å². The van der Waals surface area contributed by atoms with Crippen molar-refractivity contribution in [2.75, 3.05) is 33.8 Å². The van der Waals surface area contributed by atoms with Gasteiger partial charge in [-0.1, -0.05) is 0 Å². The topological polar surface area (TPSA) is 90.9 Å². The Balaban J connectivity index is 2.05. The van der Waals surface area contributed by atoms with Crippen molar-refractivity contribution in [3.8, 4) is 5.75 Å². The highest BCUT2D eigenvalue weighted by molar-refractivity contribution is 5.86. The number of rotatable bonds is 7. The summed E-state index contributed by atoms with van der Waals surface area (Å²) in [4.78, 5) is 25.3. The molecule has 1 heterocycles. The van der Waals surface area contributed by atoms with Gasteiger partial charge >= 0.3 is 0 Å². The van der Waals surface area contributed by atoms with E-state index in [2.05, 4.69) is 10.6 Å². The molecule has 0 bridgehead atoms. The summed E-state index contributed by atoms with van der Waals surface area (Å²) in [5, 5.41) is 15.9. The highest BCUT2D eigenvalue weighted by Gasteiger charge is 2.42. The average Bonchev–Trinajstić information content (AvgIpc) is 2.60. The van der Waals surface area contributed by atoms with Crippen molar-refractivity contribution in [2.45, 2.75) is 25.0 Å². The number of halogens is 1. The van der Waals surface area contributed by atoms with E-state index in [1.807, 2.05) is 0 Å². The standard InChI is InChI=1S/C17H24FN3O4/c1-19-15(22)9-20-11-17(24)6-3-7-21(16(17)23)10-12-8-13(25-2)4-5-14(12)18/h4-5,8,20,24H,3,6-7,9-11H2,1-2H3,(H,19,22). The number of aliphatic hydroxyl groups is 1. The average molecular weight is 353 g/mol. The first-order valence-electron chi connectivity index (χ1n) is 8.15. The number of methoxy groups -OCH3 is 1. The van der Waals surface area contributed by atoms with Crippen LogP contribution in [0, 0.1) is 5.82 Å². The van der Waals surface area contributed by atoms with Crippen molar-refractivity contribution in [1.82, 2.24) is 15.5 Å². The molecule has 7 nitrogen and oxygen atoms in total. The van der Waals surface area contributed by atoms with E-state index in [-0.39, 0.29) is 25.5 Å². The summed E-state index contributed by atoms with van der Waals surface area (Å²) in [6.07, 6.45) is 0.888. The summed E-state index contributed by atoms with van der Waals surface area (Å²) in [6, 6.07) is 4.34. The van der Waals surface area contributed by atoms with Gasteiger partial charge in [-0.2, -0.15) is 0 Å². The van der Waals surface area contributed by atoms with Gasteiger partial charge in [0.1, 0.15) is 11.6 Å². The number of hydrogen-bond acceptors (Lipinski definition) is 5. The maximum Gasteiger partial charge on any atom is 0.256 e. The summed E-state index contributed by atoms with van der Waals surface area (Å²) in [6.45, 7) is 0.472. The van der Waals surface area contributed by atoms with Gasteiger partial charge in [-0.3, -0.25) is 9.59 Å². The van der Waals surface area contributed by atoms with Crippen LogP contribution < -0.4 is 15.4 Å². The quantitative estimate of drug-likeness (QED) is 0.643. The van der Waals surface area contributed by atoms with Gasteiger partial charge in [0.15, 0.2) is 5.60 Å². The number of likely N-dealkylation sites (tertiary alicyclic amines) is 1. The number of hydrogen-bond donors (Lipinski definition) is 3. The predicted molar refractivity (Wildman–Crippen MR) is 89.5 cm³/mol. The molecule has 0 aromatic heterocycles. The first kappa shape index (κ1) is 19.1. The van der Waals surface area contributed by atoms with Crippen LogP contribution >= 0.6 is 0 Å². The molecule has 8 heteroatoms. The van der Waals surface area contributed by atoms with Crippen LogP contribution in [0.1, 0.15) is 18.4 Å². The van der Waals surface area contributed by atoms with Gasteiger partial charge in [0.05, 0.1) is 13.7 Å². The maximum absolute atomic E-state index is 14.0. The molecular formula is C17H24FN3O4. The second kappa shape index (κ2) is 8.26. The van der Waals surface area contributed by atoms with Gasteiger partial charge in [0.2, 0.25) is 5.91 Å². The van der Waals surface area contributed by atoms with Gasteiger partial charge in [-0.15, -0.1) is 0 Å². The minimum absolute atomic E-state index is 0.0105. The third-order valence-electron chi connectivity index (χ3n) is 4.30. The van der Waals surface area contributed by atoms with Crippen LogP contribution in [0.2, 0.25) is 0 Å². The number of carbonyl (C=O) groups excluding carboxylic acids is 2. The molecule has 0 saturated carbocycles. The van der Waals surface area contributed by atoms with Gasteiger partial charge in [-0.25, -0.2) is 4.39 Å². The molecule has 0 spiro atoms. The Morgan fingerprint density at radius 2 is 2.24 bits per heavy atom. The zero-order chi connectivity index (χ0) is 18.4. The van der Waals surface area contributed by atoms with Gasteiger partial charge in [-0.05, 0) is 31.0 Å². The highest BCUT2D eigenvalue weighted by atomic mass is 19.1. The molecule has 1 aromatic carbocycles. The molecule has 1 aliphatic rings. The molecule has 1 atom stereocenters. The van der Waals surface area contributed by atoms with E-state index < -0.39 is 17.3 Å². The van der Waals surface area contributed by atoms with E-state index in [0.29, 0.717) is 30.7 Å². The number of benzene rings is 1. The Bertz CT molecular complexity index is 640. The minimum Gasteiger partial charge on any atom is -0.497 e. The molecule has 138 valence electrons. The van der Waals surface area contributed by atoms with E-state index >= 15 is 0 Å². The third-order valence-corrected chi connectivity index (χ3v) is 4.30. The Morgan fingerprint density at radius 1 is 1.48 bits per heavy atom. The lowest BCUT2D eigenvalue weighted by molar-refractivity contribution is -0.157. The van der Waals surface area contributed by atoms with Crippen molar-refractivity contribution in [2.24, 2.45) is 0 Å². The second-order valence-corrected chi connectivity index (χ2v) is 6.10. The molecule has 3 N–H and O–H groups in total. The SMILES string of the molecule is CNC(=O)CNCC1(O)CCCN(Cc2cc(OC)ccc2F)C1=O. The number of likely N-dealkylation sites (N-methyl/N-ethyl adjacent to an activating group) is 1. The summed E-state index contributed by atoms with van der Waals surface area (Å²) in [5.41, 5.74) is -1.27. The van der Waals surface area contributed by atoms with Crippen molar-refractivity contribution >= 4 is 11.8 Å². The van der Waals surface area contributed by atoms with Crippen LogP contribution in [0.15, 0.2) is 18.2 Å². The fraction of sp³-hybridized carbons (Fsp3) is 0.529. The normalized spacial score (nSPS) is 20.5. The van der Waals surface area contributed by atoms with E-state index in [9.17, 15) is 19.1 Å². The molecular weight excluding hydrogens is 329 g/mol. The van der Waals surface area contributed by atoms with Gasteiger partial charge in [0, 0.05) is 32.2 Å². The molecule has 1 unspecified atom stereocenters. The van der Waals surface area contributed by atoms with E-state index in [1.165, 1.54) is 31.2 Å². The first-order chi connectivity index (χ1) is 11.9. The number of piperidine rings is 1. The van der Waals surface area contributed by atoms with Crippen LogP contribution in [-0.2, 0) is 16.1 Å². The number of nitrogens with one attached hydrogen (secondary N) is 2. The lowest BCUT2D eigenvalue weighted by Crippen LogP contribution is -2.58. The van der Waals surface area contributed by atoms with Crippen molar-refractivity contribution in [1.29, 1.82) is 0 Å². The fourth-order valence-electron chi connectivity index (χ4n) is 2.86. The largest absolute Gasteiger partial charge is 0.497 e. The maximum atomic E-state index is 14.0. The Morgan fingerprint density at radius 3 is 2.92 bits per heavy atom. The van der Waals surface area contributed by atoms with Gasteiger partial charge in [0.25, 0.3) is 5.91 Å². The molecule has 25 heavy (non-hydrogen) atoms. The number of ether oxygens (including phenoxy) is 1. The molecule has 0 radical (unpaired) electrons. The zero-order valence-corrected chi connectivity index (χ0v) is 14.5. The summed E-state index contributed by atoms with van der Waals surface area (Å²) in [7, 11) is 2.99. The first-order valence-corrected chi connectivity index (χ1v) is 8.15. The fourth-order valence-corrected chi connectivity index (χ4v) is 2.86. The Hall–Kier alpha value is -2.19. The van der Waals surface area contributed by atoms with Crippen LogP contribution in [-0.4, -0.2) is 61.2 Å².